The first-order chi connectivity index (χ1) is 10.4. The van der Waals surface area contributed by atoms with Crippen LogP contribution < -0.4 is 5.32 Å². The minimum absolute atomic E-state index is 0.174. The van der Waals surface area contributed by atoms with Gasteiger partial charge in [-0.25, -0.2) is 4.79 Å². The zero-order chi connectivity index (χ0) is 16.3. The maximum absolute atomic E-state index is 12.3. The van der Waals surface area contributed by atoms with E-state index in [4.69, 9.17) is 4.74 Å². The second kappa shape index (κ2) is 6.99. The second-order valence-corrected chi connectivity index (χ2v) is 6.43. The smallest absolute Gasteiger partial charge is 0.355 e. The van der Waals surface area contributed by atoms with Crippen molar-refractivity contribution in [3.05, 3.63) is 24.0 Å². The number of ether oxygens (including phenoxy) is 1. The summed E-state index contributed by atoms with van der Waals surface area (Å²) < 4.78 is 6.95. The van der Waals surface area contributed by atoms with Crippen LogP contribution in [-0.4, -0.2) is 28.6 Å². The van der Waals surface area contributed by atoms with Crippen LogP contribution in [0, 0.1) is 11.8 Å². The van der Waals surface area contributed by atoms with Crippen molar-refractivity contribution in [3.8, 4) is 0 Å². The Bertz CT molecular complexity index is 538. The Morgan fingerprint density at radius 2 is 2.09 bits per heavy atom. The van der Waals surface area contributed by atoms with E-state index in [0.717, 1.165) is 12.8 Å². The van der Waals surface area contributed by atoms with Crippen molar-refractivity contribution in [3.63, 3.8) is 0 Å². The van der Waals surface area contributed by atoms with Gasteiger partial charge in [0.15, 0.2) is 6.10 Å². The highest BCUT2D eigenvalue weighted by molar-refractivity contribution is 5.91. The fourth-order valence-corrected chi connectivity index (χ4v) is 3.03. The molecule has 0 aliphatic heterocycles. The van der Waals surface area contributed by atoms with Gasteiger partial charge in [-0.15, -0.1) is 0 Å². The lowest BCUT2D eigenvalue weighted by Crippen LogP contribution is -2.47. The SMILES string of the molecule is C[C@@H]1[C@H](C)CCC[C@H]1NC(=O)[C@@H](C)OC(=O)c1cccn1C. The van der Waals surface area contributed by atoms with E-state index in [2.05, 4.69) is 19.2 Å². The molecule has 0 aromatic carbocycles. The lowest BCUT2D eigenvalue weighted by molar-refractivity contribution is -0.130. The van der Waals surface area contributed by atoms with Crippen LogP contribution in [0.1, 0.15) is 50.5 Å². The monoisotopic (exact) mass is 306 g/mol. The first-order valence-corrected chi connectivity index (χ1v) is 8.03. The molecule has 1 aliphatic rings. The first-order valence-electron chi connectivity index (χ1n) is 8.03. The van der Waals surface area contributed by atoms with Gasteiger partial charge >= 0.3 is 5.97 Å². The van der Waals surface area contributed by atoms with Gasteiger partial charge in [0.25, 0.3) is 5.91 Å². The number of nitrogens with zero attached hydrogens (tertiary/aromatic N) is 1. The number of nitrogens with one attached hydrogen (secondary N) is 1. The first kappa shape index (κ1) is 16.6. The summed E-state index contributed by atoms with van der Waals surface area (Å²) in [5.74, 6) is 0.377. The number of esters is 1. The molecule has 0 saturated heterocycles. The van der Waals surface area contributed by atoms with E-state index in [9.17, 15) is 9.59 Å². The van der Waals surface area contributed by atoms with E-state index in [1.807, 2.05) is 0 Å². The molecule has 122 valence electrons. The molecule has 1 saturated carbocycles. The van der Waals surface area contributed by atoms with Crippen molar-refractivity contribution < 1.29 is 14.3 Å². The standard InChI is InChI=1S/C17H26N2O3/c1-11-7-5-8-14(12(11)2)18-16(20)13(3)22-17(21)15-9-6-10-19(15)4/h6,9-14H,5,7-8H2,1-4H3,(H,18,20)/t11-,12-,13-,14-/m1/s1. The lowest BCUT2D eigenvalue weighted by atomic mass is 9.78. The van der Waals surface area contributed by atoms with E-state index in [-0.39, 0.29) is 11.9 Å². The molecule has 5 heteroatoms. The maximum Gasteiger partial charge on any atom is 0.355 e. The average Bonchev–Trinajstić information content (AvgIpc) is 2.90. The molecule has 0 spiro atoms. The van der Waals surface area contributed by atoms with Crippen molar-refractivity contribution in [2.45, 2.75) is 52.2 Å². The number of hydrogen-bond donors (Lipinski definition) is 1. The highest BCUT2D eigenvalue weighted by Crippen LogP contribution is 2.29. The van der Waals surface area contributed by atoms with Crippen molar-refractivity contribution in [2.75, 3.05) is 0 Å². The summed E-state index contributed by atoms with van der Waals surface area (Å²) in [5, 5.41) is 3.04. The Labute approximate surface area is 132 Å². The van der Waals surface area contributed by atoms with Crippen LogP contribution >= 0.6 is 0 Å². The molecule has 1 aromatic rings. The fourth-order valence-electron chi connectivity index (χ4n) is 3.03. The lowest BCUT2D eigenvalue weighted by Gasteiger charge is -2.35. The number of rotatable bonds is 4. The van der Waals surface area contributed by atoms with Gasteiger partial charge in [0.05, 0.1) is 0 Å². The minimum Gasteiger partial charge on any atom is -0.448 e. The molecule has 1 aromatic heterocycles. The third-order valence-corrected chi connectivity index (χ3v) is 4.84. The summed E-state index contributed by atoms with van der Waals surface area (Å²) in [5.41, 5.74) is 0.444. The van der Waals surface area contributed by atoms with Gasteiger partial charge in [0, 0.05) is 19.3 Å². The largest absolute Gasteiger partial charge is 0.448 e. The van der Waals surface area contributed by atoms with E-state index in [0.29, 0.717) is 17.5 Å². The van der Waals surface area contributed by atoms with Gasteiger partial charge in [-0.3, -0.25) is 4.79 Å². The summed E-state index contributed by atoms with van der Waals surface area (Å²) >= 11 is 0. The summed E-state index contributed by atoms with van der Waals surface area (Å²) in [6.45, 7) is 6.02. The van der Waals surface area contributed by atoms with Crippen LogP contribution in [0.4, 0.5) is 0 Å². The zero-order valence-electron chi connectivity index (χ0n) is 13.8. The molecule has 1 heterocycles. The van der Waals surface area contributed by atoms with Crippen molar-refractivity contribution in [1.82, 2.24) is 9.88 Å². The fraction of sp³-hybridized carbons (Fsp3) is 0.647. The number of carbonyl (C=O) groups is 2. The molecule has 1 amide bonds. The molecule has 0 bridgehead atoms. The molecule has 0 radical (unpaired) electrons. The third-order valence-electron chi connectivity index (χ3n) is 4.84. The summed E-state index contributed by atoms with van der Waals surface area (Å²) in [6, 6.07) is 3.62. The molecule has 0 unspecified atom stereocenters. The van der Waals surface area contributed by atoms with Gasteiger partial charge < -0.3 is 14.6 Å². The Hall–Kier alpha value is -1.78. The molecule has 2 rings (SSSR count). The Balaban J connectivity index is 1.89. The van der Waals surface area contributed by atoms with Gasteiger partial charge in [-0.2, -0.15) is 0 Å². The van der Waals surface area contributed by atoms with E-state index in [1.165, 1.54) is 6.42 Å². The van der Waals surface area contributed by atoms with Crippen LogP contribution in [0.15, 0.2) is 18.3 Å². The molecular formula is C17H26N2O3. The third kappa shape index (κ3) is 3.70. The summed E-state index contributed by atoms with van der Waals surface area (Å²) in [7, 11) is 1.77. The zero-order valence-corrected chi connectivity index (χ0v) is 13.8. The van der Waals surface area contributed by atoms with Crippen molar-refractivity contribution >= 4 is 11.9 Å². The normalized spacial score (nSPS) is 26.3. The highest BCUT2D eigenvalue weighted by atomic mass is 16.5. The number of aryl methyl sites for hydroxylation is 1. The topological polar surface area (TPSA) is 60.3 Å². The average molecular weight is 306 g/mol. The van der Waals surface area contributed by atoms with Gasteiger partial charge in [0.2, 0.25) is 0 Å². The quantitative estimate of drug-likeness (QED) is 0.870. The molecule has 5 nitrogen and oxygen atoms in total. The van der Waals surface area contributed by atoms with Crippen LogP contribution in [0.2, 0.25) is 0 Å². The van der Waals surface area contributed by atoms with Gasteiger partial charge in [-0.1, -0.05) is 26.7 Å². The predicted octanol–water partition coefficient (Wildman–Crippen LogP) is 2.51. The van der Waals surface area contributed by atoms with Gasteiger partial charge in [-0.05, 0) is 37.3 Å². The van der Waals surface area contributed by atoms with Gasteiger partial charge in [0.1, 0.15) is 5.69 Å². The number of hydrogen-bond acceptors (Lipinski definition) is 3. The summed E-state index contributed by atoms with van der Waals surface area (Å²) in [6.07, 6.45) is 4.33. The molecule has 1 N–H and O–H groups in total. The maximum atomic E-state index is 12.3. The Morgan fingerprint density at radius 1 is 1.36 bits per heavy atom. The molecule has 4 atom stereocenters. The van der Waals surface area contributed by atoms with Crippen LogP contribution in [0.25, 0.3) is 0 Å². The molecule has 1 fully saturated rings. The predicted molar refractivity (Wildman–Crippen MR) is 84.4 cm³/mol. The Morgan fingerprint density at radius 3 is 2.73 bits per heavy atom. The van der Waals surface area contributed by atoms with Crippen LogP contribution in [-0.2, 0) is 16.6 Å². The number of aromatic nitrogens is 1. The van der Waals surface area contributed by atoms with Crippen LogP contribution in [0.5, 0.6) is 0 Å². The van der Waals surface area contributed by atoms with Crippen molar-refractivity contribution in [1.29, 1.82) is 0 Å². The Kier molecular flexibility index (Phi) is 5.27. The molecule has 1 aliphatic carbocycles. The molecular weight excluding hydrogens is 280 g/mol. The van der Waals surface area contributed by atoms with Crippen molar-refractivity contribution in [2.24, 2.45) is 18.9 Å². The molecule has 22 heavy (non-hydrogen) atoms. The van der Waals surface area contributed by atoms with Crippen LogP contribution in [0.3, 0.4) is 0 Å². The number of amides is 1. The van der Waals surface area contributed by atoms with E-state index < -0.39 is 12.1 Å². The summed E-state index contributed by atoms with van der Waals surface area (Å²) in [4.78, 5) is 24.3. The van der Waals surface area contributed by atoms with E-state index in [1.54, 1.807) is 36.9 Å². The highest BCUT2D eigenvalue weighted by Gasteiger charge is 2.30. The number of carbonyl (C=O) groups excluding carboxylic acids is 2. The van der Waals surface area contributed by atoms with E-state index >= 15 is 0 Å². The second-order valence-electron chi connectivity index (χ2n) is 6.43. The minimum atomic E-state index is -0.785.